The Hall–Kier alpha value is -0.610. The Kier molecular flexibility index (Phi) is 4.95. The van der Waals surface area contributed by atoms with Crippen LogP contribution in [0.25, 0.3) is 0 Å². The topological polar surface area (TPSA) is 29.3 Å². The van der Waals surface area contributed by atoms with Gasteiger partial charge in [-0.25, -0.2) is 4.39 Å². The maximum absolute atomic E-state index is 13.7. The van der Waals surface area contributed by atoms with E-state index in [1.807, 2.05) is 11.9 Å². The Morgan fingerprint density at radius 3 is 2.65 bits per heavy atom. The summed E-state index contributed by atoms with van der Waals surface area (Å²) in [5.74, 6) is -0.195. The largest absolute Gasteiger partial charge is 0.372 e. The lowest BCUT2D eigenvalue weighted by molar-refractivity contribution is 0.346. The average molecular weight is 303 g/mol. The summed E-state index contributed by atoms with van der Waals surface area (Å²) in [7, 11) is 1.91. The maximum Gasteiger partial charge on any atom is 0.146 e. The predicted molar refractivity (Wildman–Crippen MR) is 74.8 cm³/mol. The van der Waals surface area contributed by atoms with E-state index in [4.69, 9.17) is 5.73 Å². The summed E-state index contributed by atoms with van der Waals surface area (Å²) in [6.45, 7) is 5.72. The zero-order valence-electron chi connectivity index (χ0n) is 10.6. The van der Waals surface area contributed by atoms with Crippen molar-refractivity contribution in [2.75, 3.05) is 25.0 Å². The second kappa shape index (κ2) is 5.83. The fraction of sp³-hybridized carbons (Fsp3) is 0.538. The van der Waals surface area contributed by atoms with Crippen molar-refractivity contribution in [3.8, 4) is 0 Å². The van der Waals surface area contributed by atoms with E-state index in [1.54, 1.807) is 12.1 Å². The van der Waals surface area contributed by atoms with Gasteiger partial charge in [-0.05, 0) is 36.6 Å². The van der Waals surface area contributed by atoms with E-state index in [-0.39, 0.29) is 11.2 Å². The number of nitrogens with zero attached hydrogens (tertiary/aromatic N) is 1. The predicted octanol–water partition coefficient (Wildman–Crippen LogP) is 3.40. The van der Waals surface area contributed by atoms with Gasteiger partial charge < -0.3 is 10.6 Å². The number of anilines is 1. The SMILES string of the molecule is CN(CC(C)(C)CCN)c1cc(Br)ccc1F. The van der Waals surface area contributed by atoms with Crippen LogP contribution in [0.2, 0.25) is 0 Å². The molecule has 96 valence electrons. The molecule has 0 heterocycles. The van der Waals surface area contributed by atoms with Gasteiger partial charge in [0.1, 0.15) is 5.82 Å². The fourth-order valence-electron chi connectivity index (χ4n) is 1.98. The third kappa shape index (κ3) is 4.28. The Bertz CT molecular complexity index is 380. The van der Waals surface area contributed by atoms with Gasteiger partial charge in [0.25, 0.3) is 0 Å². The van der Waals surface area contributed by atoms with E-state index in [9.17, 15) is 4.39 Å². The van der Waals surface area contributed by atoms with Crippen molar-refractivity contribution in [1.29, 1.82) is 0 Å². The molecule has 17 heavy (non-hydrogen) atoms. The molecule has 2 N–H and O–H groups in total. The van der Waals surface area contributed by atoms with Crippen molar-refractivity contribution >= 4 is 21.6 Å². The van der Waals surface area contributed by atoms with E-state index in [1.165, 1.54) is 6.07 Å². The third-order valence-corrected chi connectivity index (χ3v) is 3.30. The minimum Gasteiger partial charge on any atom is -0.372 e. The van der Waals surface area contributed by atoms with Crippen LogP contribution in [0, 0.1) is 11.2 Å². The Labute approximate surface area is 111 Å². The number of nitrogens with two attached hydrogens (primary N) is 1. The number of halogens is 2. The van der Waals surface area contributed by atoms with Crippen LogP contribution in [0.3, 0.4) is 0 Å². The van der Waals surface area contributed by atoms with Crippen LogP contribution < -0.4 is 10.6 Å². The summed E-state index contributed by atoms with van der Waals surface area (Å²) in [6, 6.07) is 4.98. The van der Waals surface area contributed by atoms with Crippen molar-refractivity contribution in [2.24, 2.45) is 11.1 Å². The molecule has 0 aliphatic carbocycles. The van der Waals surface area contributed by atoms with Crippen molar-refractivity contribution in [3.05, 3.63) is 28.5 Å². The van der Waals surface area contributed by atoms with Gasteiger partial charge in [0.2, 0.25) is 0 Å². The van der Waals surface area contributed by atoms with Crippen LogP contribution in [0.4, 0.5) is 10.1 Å². The molecule has 1 rings (SSSR count). The Morgan fingerprint density at radius 2 is 2.06 bits per heavy atom. The van der Waals surface area contributed by atoms with E-state index in [2.05, 4.69) is 29.8 Å². The first-order valence-electron chi connectivity index (χ1n) is 5.72. The molecule has 0 aliphatic rings. The summed E-state index contributed by atoms with van der Waals surface area (Å²) in [4.78, 5) is 1.94. The number of hydrogen-bond acceptors (Lipinski definition) is 2. The average Bonchev–Trinajstić information content (AvgIpc) is 2.20. The molecule has 0 saturated heterocycles. The Balaban J connectivity index is 2.82. The first kappa shape index (κ1) is 14.5. The molecule has 1 aromatic rings. The monoisotopic (exact) mass is 302 g/mol. The van der Waals surface area contributed by atoms with Crippen LogP contribution >= 0.6 is 15.9 Å². The van der Waals surface area contributed by atoms with Gasteiger partial charge in [0.15, 0.2) is 0 Å². The van der Waals surface area contributed by atoms with Crippen molar-refractivity contribution < 1.29 is 4.39 Å². The molecule has 0 bridgehead atoms. The van der Waals surface area contributed by atoms with Crippen molar-refractivity contribution in [1.82, 2.24) is 0 Å². The van der Waals surface area contributed by atoms with Crippen LogP contribution in [-0.2, 0) is 0 Å². The molecule has 0 amide bonds. The van der Waals surface area contributed by atoms with Crippen LogP contribution in [-0.4, -0.2) is 20.1 Å². The molecule has 0 radical (unpaired) electrons. The molecule has 0 unspecified atom stereocenters. The number of benzene rings is 1. The molecule has 0 atom stereocenters. The second-order valence-electron chi connectivity index (χ2n) is 5.15. The molecule has 2 nitrogen and oxygen atoms in total. The highest BCUT2D eigenvalue weighted by Crippen LogP contribution is 2.27. The molecule has 0 fully saturated rings. The van der Waals surface area contributed by atoms with E-state index < -0.39 is 0 Å². The van der Waals surface area contributed by atoms with Crippen LogP contribution in [0.15, 0.2) is 22.7 Å². The molecular formula is C13H20BrFN2. The highest BCUT2D eigenvalue weighted by atomic mass is 79.9. The van der Waals surface area contributed by atoms with Gasteiger partial charge in [-0.15, -0.1) is 0 Å². The molecule has 0 aliphatic heterocycles. The molecule has 0 aromatic heterocycles. The van der Waals surface area contributed by atoms with Crippen LogP contribution in [0.5, 0.6) is 0 Å². The second-order valence-corrected chi connectivity index (χ2v) is 6.07. The zero-order valence-corrected chi connectivity index (χ0v) is 12.2. The third-order valence-electron chi connectivity index (χ3n) is 2.81. The first-order chi connectivity index (χ1) is 7.85. The van der Waals surface area contributed by atoms with Crippen molar-refractivity contribution in [2.45, 2.75) is 20.3 Å². The van der Waals surface area contributed by atoms with Gasteiger partial charge in [-0.1, -0.05) is 29.8 Å². The van der Waals surface area contributed by atoms with Gasteiger partial charge in [0, 0.05) is 18.1 Å². The van der Waals surface area contributed by atoms with Gasteiger partial charge in [-0.2, -0.15) is 0 Å². The van der Waals surface area contributed by atoms with E-state index in [0.717, 1.165) is 17.4 Å². The highest BCUT2D eigenvalue weighted by Gasteiger charge is 2.20. The molecule has 4 heteroatoms. The smallest absolute Gasteiger partial charge is 0.146 e. The summed E-state index contributed by atoms with van der Waals surface area (Å²) < 4.78 is 14.6. The van der Waals surface area contributed by atoms with Gasteiger partial charge in [-0.3, -0.25) is 0 Å². The quantitative estimate of drug-likeness (QED) is 0.903. The lowest BCUT2D eigenvalue weighted by Gasteiger charge is -2.31. The van der Waals surface area contributed by atoms with E-state index >= 15 is 0 Å². The summed E-state index contributed by atoms with van der Waals surface area (Å²) >= 11 is 3.36. The zero-order chi connectivity index (χ0) is 13.1. The summed E-state index contributed by atoms with van der Waals surface area (Å²) in [6.07, 6.45) is 0.924. The molecular weight excluding hydrogens is 283 g/mol. The van der Waals surface area contributed by atoms with Gasteiger partial charge in [0.05, 0.1) is 5.69 Å². The summed E-state index contributed by atoms with van der Waals surface area (Å²) in [5, 5.41) is 0. The minimum absolute atomic E-state index is 0.0816. The number of rotatable bonds is 5. The highest BCUT2D eigenvalue weighted by molar-refractivity contribution is 9.10. The molecule has 0 spiro atoms. The van der Waals surface area contributed by atoms with E-state index in [0.29, 0.717) is 12.2 Å². The first-order valence-corrected chi connectivity index (χ1v) is 6.51. The summed E-state index contributed by atoms with van der Waals surface area (Å²) in [5.41, 5.74) is 6.28. The Morgan fingerprint density at radius 1 is 1.41 bits per heavy atom. The normalized spacial score (nSPS) is 11.6. The minimum atomic E-state index is -0.195. The van der Waals surface area contributed by atoms with Crippen molar-refractivity contribution in [3.63, 3.8) is 0 Å². The lowest BCUT2D eigenvalue weighted by Crippen LogP contribution is -2.33. The number of hydrogen-bond donors (Lipinski definition) is 1. The maximum atomic E-state index is 13.7. The fourth-order valence-corrected chi connectivity index (χ4v) is 2.32. The molecule has 1 aromatic carbocycles. The standard InChI is InChI=1S/C13H20BrFN2/c1-13(2,6-7-16)9-17(3)12-8-10(14)4-5-11(12)15/h4-5,8H,6-7,9,16H2,1-3H3. The molecule has 0 saturated carbocycles. The van der Waals surface area contributed by atoms with Crippen LogP contribution in [0.1, 0.15) is 20.3 Å². The lowest BCUT2D eigenvalue weighted by atomic mass is 9.88. The van der Waals surface area contributed by atoms with Gasteiger partial charge >= 0.3 is 0 Å².